The molecule has 2 spiro atoms. The van der Waals surface area contributed by atoms with Crippen LogP contribution in [0.3, 0.4) is 0 Å². The number of hydrogen-bond acceptors (Lipinski definition) is 18. The van der Waals surface area contributed by atoms with Gasteiger partial charge in [-0.25, -0.2) is 9.69 Å². The lowest BCUT2D eigenvalue weighted by Crippen LogP contribution is -2.55. The molecule has 1 aromatic heterocycles. The summed E-state index contributed by atoms with van der Waals surface area (Å²) in [5.74, 6) is -2.74. The molecule has 5 aliphatic heterocycles. The molecule has 13 rings (SSSR count). The van der Waals surface area contributed by atoms with E-state index in [4.69, 9.17) is 23.7 Å². The van der Waals surface area contributed by atoms with E-state index in [2.05, 4.69) is 47.3 Å². The molecule has 28 heteroatoms. The van der Waals surface area contributed by atoms with Gasteiger partial charge in [0.15, 0.2) is 29.2 Å². The van der Waals surface area contributed by atoms with Gasteiger partial charge in [-0.1, -0.05) is 68.4 Å². The second kappa shape index (κ2) is 29.4. The highest BCUT2D eigenvalue weighted by atomic mass is 16.6. The highest BCUT2D eigenvalue weighted by Crippen LogP contribution is 2.58. The molecule has 9 amide bonds. The van der Waals surface area contributed by atoms with Gasteiger partial charge in [-0.2, -0.15) is 15.4 Å². The summed E-state index contributed by atoms with van der Waals surface area (Å²) in [6.45, 7) is 6.37. The summed E-state index contributed by atoms with van der Waals surface area (Å²) in [5, 5.41) is 40.1. The molecule has 2 aliphatic carbocycles. The van der Waals surface area contributed by atoms with E-state index in [0.717, 1.165) is 47.5 Å². The zero-order valence-electron chi connectivity index (χ0n) is 57.7. The number of unbranched alkanes of at least 4 members (excludes halogenated alkanes) is 2. The molecular weight excluding hydrogens is 1310 g/mol. The van der Waals surface area contributed by atoms with Gasteiger partial charge in [0.2, 0.25) is 35.4 Å². The number of ether oxygens (including phenoxy) is 5. The van der Waals surface area contributed by atoms with Gasteiger partial charge < -0.3 is 75.4 Å². The van der Waals surface area contributed by atoms with Gasteiger partial charge in [0.25, 0.3) is 11.8 Å². The fourth-order valence-corrected chi connectivity index (χ4v) is 14.4. The third kappa shape index (κ3) is 14.9. The lowest BCUT2D eigenvalue weighted by molar-refractivity contribution is -0.132. The van der Waals surface area contributed by atoms with Crippen molar-refractivity contribution in [3.05, 3.63) is 119 Å². The number of para-hydroxylation sites is 1. The number of aliphatic hydroxyl groups excluding tert-OH is 1. The highest BCUT2D eigenvalue weighted by Gasteiger charge is 2.58. The number of nitrogens with zero attached hydrogens (tertiary/aromatic N) is 6. The topological polar surface area (TPSA) is 347 Å². The second-order valence-corrected chi connectivity index (χ2v) is 28.0. The summed E-state index contributed by atoms with van der Waals surface area (Å²) in [4.78, 5) is 129. The molecule has 5 atom stereocenters. The third-order valence-electron chi connectivity index (χ3n) is 20.5. The molecule has 5 aromatic carbocycles. The summed E-state index contributed by atoms with van der Waals surface area (Å²) in [7, 11) is 3.03. The van der Waals surface area contributed by atoms with Crippen LogP contribution in [-0.2, 0) is 46.7 Å². The lowest BCUT2D eigenvalue weighted by atomic mass is 9.95. The molecule has 2 saturated carbocycles. The molecule has 536 valence electrons. The molecule has 28 nitrogen and oxygen atoms in total. The standard InChI is InChI=1S/C74H85N13O15/c1-42(2)64(80-62(90)37-77-61(89)36-76-60(88)21-22-63(91)84-38-45-13-7-8-14-48(45)65-66(82-83-81-65)49-15-9-10-16-53(49)84)68(93)78-43(3)67(92)79-46-19-17-44(18-20-46)39-102-72(97)87-54-32-59(57(99-5)30-51(54)70(95)86-41-74(25-26-74)34-55(86)71(87)96)101-28-12-6-11-27-100-58-31-52-50(29-56(58)98-4)69(94)85-40-73(23-24-73)33-47(85)35-75-52/h7-10,13-20,29-32,42-43,47,55,64,71,75,96H,6,11-12,21-28,33-41H2,1-5H3,(H,76,88)(H,77,89)(H,78,93)(H,79,92)(H,80,90)(H,81,82,83)/t43-,47-,55-,64-,71-/m0/s1. The Morgan fingerprint density at radius 2 is 1.27 bits per heavy atom. The van der Waals surface area contributed by atoms with Crippen molar-refractivity contribution in [3.63, 3.8) is 0 Å². The first-order valence-electron chi connectivity index (χ1n) is 34.8. The zero-order chi connectivity index (χ0) is 71.6. The fourth-order valence-electron chi connectivity index (χ4n) is 14.4. The normalized spacial score (nSPS) is 18.9. The molecule has 102 heavy (non-hydrogen) atoms. The predicted octanol–water partition coefficient (Wildman–Crippen LogP) is 6.82. The van der Waals surface area contributed by atoms with Crippen LogP contribution in [-0.4, -0.2) is 174 Å². The van der Waals surface area contributed by atoms with Crippen molar-refractivity contribution < 1.29 is 71.9 Å². The molecule has 4 fully saturated rings. The van der Waals surface area contributed by atoms with E-state index in [1.54, 1.807) is 61.1 Å². The number of H-pyrrole nitrogens is 1. The van der Waals surface area contributed by atoms with Gasteiger partial charge >= 0.3 is 6.09 Å². The van der Waals surface area contributed by atoms with E-state index in [1.807, 2.05) is 59.5 Å². The lowest BCUT2D eigenvalue weighted by Gasteiger charge is -2.31. The van der Waals surface area contributed by atoms with Crippen molar-refractivity contribution >= 4 is 76.1 Å². The smallest absolute Gasteiger partial charge is 0.416 e. The number of benzene rings is 5. The van der Waals surface area contributed by atoms with Crippen LogP contribution in [0.5, 0.6) is 23.0 Å². The summed E-state index contributed by atoms with van der Waals surface area (Å²) in [5.41, 5.74) is 6.80. The van der Waals surface area contributed by atoms with E-state index in [9.17, 15) is 48.3 Å². The number of hydrogen-bond donors (Lipinski definition) is 8. The average Bonchev–Trinajstić information content (AvgIpc) is 1.59. The van der Waals surface area contributed by atoms with Crippen LogP contribution >= 0.6 is 0 Å². The highest BCUT2D eigenvalue weighted by molar-refractivity contribution is 6.07. The molecule has 8 N–H and O–H groups in total. The Morgan fingerprint density at radius 3 is 1.98 bits per heavy atom. The van der Waals surface area contributed by atoms with Gasteiger partial charge in [0, 0.05) is 67.5 Å². The molecule has 2 saturated heterocycles. The number of aliphatic hydroxyl groups is 1. The molecule has 6 aromatic rings. The average molecular weight is 1400 g/mol. The number of methoxy groups -OCH3 is 2. The maximum Gasteiger partial charge on any atom is 0.416 e. The second-order valence-electron chi connectivity index (χ2n) is 28.0. The minimum Gasteiger partial charge on any atom is -0.493 e. The number of rotatable bonds is 25. The van der Waals surface area contributed by atoms with Gasteiger partial charge in [0.05, 0.1) is 81.3 Å². The van der Waals surface area contributed by atoms with Crippen LogP contribution in [0.4, 0.5) is 27.5 Å². The molecular formula is C74H85N13O15. The maximum atomic E-state index is 14.5. The van der Waals surface area contributed by atoms with Gasteiger partial charge in [-0.3, -0.25) is 38.4 Å². The van der Waals surface area contributed by atoms with Crippen molar-refractivity contribution in [2.45, 2.75) is 135 Å². The van der Waals surface area contributed by atoms with Gasteiger partial charge in [-0.05, 0) is 123 Å². The zero-order valence-corrected chi connectivity index (χ0v) is 57.7. The van der Waals surface area contributed by atoms with Crippen LogP contribution in [0.15, 0.2) is 97.1 Å². The molecule has 0 radical (unpaired) electrons. The van der Waals surface area contributed by atoms with Crippen molar-refractivity contribution in [2.24, 2.45) is 16.7 Å². The molecule has 7 aliphatic rings. The van der Waals surface area contributed by atoms with E-state index in [1.165, 1.54) is 39.0 Å². The summed E-state index contributed by atoms with van der Waals surface area (Å²) in [6.07, 6.45) is 4.92. The van der Waals surface area contributed by atoms with E-state index in [-0.39, 0.29) is 84.5 Å². The summed E-state index contributed by atoms with van der Waals surface area (Å²) >= 11 is 0. The number of carbonyl (C=O) groups excluding carboxylic acids is 9. The maximum absolute atomic E-state index is 14.5. The number of carbonyl (C=O) groups is 9. The van der Waals surface area contributed by atoms with E-state index >= 15 is 0 Å². The Kier molecular flexibility index (Phi) is 20.1. The summed E-state index contributed by atoms with van der Waals surface area (Å²) in [6, 6.07) is 25.3. The van der Waals surface area contributed by atoms with Crippen molar-refractivity contribution in [2.75, 3.05) is 80.6 Å². The first-order chi connectivity index (χ1) is 49.2. The Morgan fingerprint density at radius 1 is 0.647 bits per heavy atom. The first kappa shape index (κ1) is 69.7. The minimum absolute atomic E-state index is 0.0181. The van der Waals surface area contributed by atoms with Gasteiger partial charge in [-0.15, -0.1) is 0 Å². The number of nitrogens with one attached hydrogen (secondary N) is 7. The van der Waals surface area contributed by atoms with Crippen LogP contribution in [0.25, 0.3) is 22.5 Å². The number of anilines is 4. The van der Waals surface area contributed by atoms with Crippen LogP contribution in [0.2, 0.25) is 0 Å². The van der Waals surface area contributed by atoms with Crippen LogP contribution in [0, 0.1) is 16.7 Å². The predicted molar refractivity (Wildman–Crippen MR) is 373 cm³/mol. The van der Waals surface area contributed by atoms with Gasteiger partial charge in [0.1, 0.15) is 30.1 Å². The van der Waals surface area contributed by atoms with E-state index < -0.39 is 79.0 Å². The fraction of sp³-hybridized carbons (Fsp3) is 0.446. The monoisotopic (exact) mass is 1400 g/mol. The SMILES string of the molecule is COc1cc2c(cc1OCCCCCOc1cc3c(cc1OC)C(=O)N1CC4(CC4)C[C@H]1[C@H](O)N3C(=O)OCc1ccc(NC(=O)[C@H](C)NC(=O)[C@@H](NC(=O)CNC(=O)CNC(=O)CCC(=O)N3Cc4ccccc4-c4n[nH]nc4-c4ccccc43)C(C)C)cc1)NC[C@@H]1CC3(CC3)CN1C2=O. The van der Waals surface area contributed by atoms with Crippen molar-refractivity contribution in [1.82, 2.24) is 46.5 Å². The van der Waals surface area contributed by atoms with Crippen molar-refractivity contribution in [1.29, 1.82) is 0 Å². The number of aromatic amines is 1. The summed E-state index contributed by atoms with van der Waals surface area (Å²) < 4.78 is 29.8. The molecule has 6 heterocycles. The number of amides is 9. The van der Waals surface area contributed by atoms with Crippen molar-refractivity contribution in [3.8, 4) is 45.5 Å². The Labute approximate surface area is 589 Å². The minimum atomic E-state index is -1.47. The number of fused-ring (bicyclic) bond motifs is 9. The van der Waals surface area contributed by atoms with Crippen LogP contribution < -0.4 is 60.6 Å². The largest absolute Gasteiger partial charge is 0.493 e. The molecule has 0 unspecified atom stereocenters. The van der Waals surface area contributed by atoms with E-state index in [0.29, 0.717) is 102 Å². The Hall–Kier alpha value is -10.8. The third-order valence-corrected chi connectivity index (χ3v) is 20.5. The molecule has 0 bridgehead atoms. The Balaban J connectivity index is 0.555. The quantitative estimate of drug-likeness (QED) is 0.0273. The number of aromatic nitrogens is 3. The Bertz CT molecular complexity index is 4250. The van der Waals surface area contributed by atoms with Crippen LogP contribution in [0.1, 0.15) is 123 Å². The first-order valence-corrected chi connectivity index (χ1v) is 34.8.